The van der Waals surface area contributed by atoms with Crippen molar-refractivity contribution >= 4 is 0 Å². The number of hydrogen-bond donors (Lipinski definition) is 2. The molecule has 0 saturated heterocycles. The van der Waals surface area contributed by atoms with Crippen LogP contribution in [0.3, 0.4) is 0 Å². The van der Waals surface area contributed by atoms with Crippen molar-refractivity contribution in [2.24, 2.45) is 34.5 Å². The molecule has 0 aromatic carbocycles. The zero-order chi connectivity index (χ0) is 16.6. The molecule has 8 atom stereocenters. The van der Waals surface area contributed by atoms with E-state index < -0.39 is 17.9 Å². The van der Waals surface area contributed by atoms with Gasteiger partial charge in [0.1, 0.15) is 0 Å². The van der Waals surface area contributed by atoms with Gasteiger partial charge in [-0.3, -0.25) is 0 Å². The third-order valence-electron chi connectivity index (χ3n) is 8.57. The lowest BCUT2D eigenvalue weighted by Gasteiger charge is -2.62. The number of aliphatic hydroxyl groups is 2. The van der Waals surface area contributed by atoms with Crippen LogP contribution < -0.4 is 0 Å². The Hall–Kier alpha value is -0.220. The van der Waals surface area contributed by atoms with Gasteiger partial charge in [0.05, 0.1) is 12.2 Å². The van der Waals surface area contributed by atoms with Gasteiger partial charge in [-0.25, -0.2) is 8.78 Å². The maximum atomic E-state index is 15.0. The fourth-order valence-electron chi connectivity index (χ4n) is 7.23. The van der Waals surface area contributed by atoms with E-state index in [0.29, 0.717) is 12.3 Å². The van der Waals surface area contributed by atoms with E-state index in [2.05, 4.69) is 13.8 Å². The molecule has 2 nitrogen and oxygen atoms in total. The van der Waals surface area contributed by atoms with Crippen molar-refractivity contribution in [3.8, 4) is 0 Å². The van der Waals surface area contributed by atoms with E-state index in [-0.39, 0.29) is 41.6 Å². The number of aliphatic hydroxyl groups excluding tert-OH is 2. The van der Waals surface area contributed by atoms with Crippen molar-refractivity contribution in [1.82, 2.24) is 0 Å². The average Bonchev–Trinajstić information content (AvgIpc) is 2.77. The van der Waals surface area contributed by atoms with E-state index in [1.54, 1.807) is 0 Å². The SMILES string of the molecule is C[C@]12CC[C@@H](O)C[C@@H]1C(F)(F)C[C@@H]1[C@@H]2CC[C@]2(C)[C@@H](O)CC[C@@H]12. The molecule has 4 aliphatic carbocycles. The summed E-state index contributed by atoms with van der Waals surface area (Å²) >= 11 is 0. The second-order valence-corrected chi connectivity index (χ2v) is 9.47. The summed E-state index contributed by atoms with van der Waals surface area (Å²) in [5.74, 6) is -2.73. The Balaban J connectivity index is 1.71. The second kappa shape index (κ2) is 4.91. The highest BCUT2D eigenvalue weighted by Crippen LogP contribution is 2.68. The molecule has 0 heterocycles. The molecule has 4 saturated carbocycles. The van der Waals surface area contributed by atoms with Crippen LogP contribution in [0.25, 0.3) is 0 Å². The molecule has 132 valence electrons. The maximum Gasteiger partial charge on any atom is 0.251 e. The van der Waals surface area contributed by atoms with Crippen LogP contribution in [-0.4, -0.2) is 28.3 Å². The van der Waals surface area contributed by atoms with Crippen molar-refractivity contribution in [1.29, 1.82) is 0 Å². The van der Waals surface area contributed by atoms with E-state index in [9.17, 15) is 10.2 Å². The van der Waals surface area contributed by atoms with Crippen LogP contribution >= 0.6 is 0 Å². The van der Waals surface area contributed by atoms with Gasteiger partial charge in [0, 0.05) is 12.3 Å². The summed E-state index contributed by atoms with van der Waals surface area (Å²) in [5, 5.41) is 20.4. The van der Waals surface area contributed by atoms with Crippen LogP contribution in [0.5, 0.6) is 0 Å². The molecule has 0 unspecified atom stereocenters. The Morgan fingerprint density at radius 3 is 2.26 bits per heavy atom. The summed E-state index contributed by atoms with van der Waals surface area (Å²) < 4.78 is 30.1. The largest absolute Gasteiger partial charge is 0.393 e. The first-order valence-electron chi connectivity index (χ1n) is 9.42. The third-order valence-corrected chi connectivity index (χ3v) is 8.57. The minimum Gasteiger partial charge on any atom is -0.393 e. The lowest BCUT2D eigenvalue weighted by Crippen LogP contribution is -2.60. The van der Waals surface area contributed by atoms with Crippen LogP contribution in [0.1, 0.15) is 65.2 Å². The van der Waals surface area contributed by atoms with Crippen LogP contribution in [0.15, 0.2) is 0 Å². The summed E-state index contributed by atoms with van der Waals surface area (Å²) in [6, 6.07) is 0. The predicted molar refractivity (Wildman–Crippen MR) is 84.1 cm³/mol. The summed E-state index contributed by atoms with van der Waals surface area (Å²) in [6.07, 6.45) is 4.35. The maximum absolute atomic E-state index is 15.0. The van der Waals surface area contributed by atoms with Crippen LogP contribution in [0.2, 0.25) is 0 Å². The zero-order valence-corrected chi connectivity index (χ0v) is 14.3. The molecular weight excluding hydrogens is 298 g/mol. The standard InChI is InChI=1S/C19H30F2O2/c1-17-7-5-11(22)9-15(17)19(20,21)10-12-13-3-4-16(23)18(13,2)8-6-14(12)17/h11-16,22-23H,3-10H2,1-2H3/t11-,12+,13+,14+,15+,16+,17-,18+/m1/s1. The smallest absolute Gasteiger partial charge is 0.251 e. The molecule has 0 radical (unpaired) electrons. The number of halogens is 2. The van der Waals surface area contributed by atoms with Crippen LogP contribution in [-0.2, 0) is 0 Å². The first kappa shape index (κ1) is 16.3. The van der Waals surface area contributed by atoms with Gasteiger partial charge < -0.3 is 10.2 Å². The molecule has 2 N–H and O–H groups in total. The molecule has 4 fully saturated rings. The molecule has 4 heteroatoms. The average molecular weight is 328 g/mol. The topological polar surface area (TPSA) is 40.5 Å². The van der Waals surface area contributed by atoms with Gasteiger partial charge in [0.25, 0.3) is 5.92 Å². The van der Waals surface area contributed by atoms with E-state index in [1.165, 1.54) is 0 Å². The van der Waals surface area contributed by atoms with Crippen molar-refractivity contribution in [2.45, 2.75) is 83.3 Å². The highest BCUT2D eigenvalue weighted by molar-refractivity contribution is 5.12. The van der Waals surface area contributed by atoms with Gasteiger partial charge in [-0.1, -0.05) is 13.8 Å². The van der Waals surface area contributed by atoms with Crippen molar-refractivity contribution in [2.75, 3.05) is 0 Å². The van der Waals surface area contributed by atoms with Crippen molar-refractivity contribution in [3.05, 3.63) is 0 Å². The fraction of sp³-hybridized carbons (Fsp3) is 1.00. The van der Waals surface area contributed by atoms with Gasteiger partial charge in [-0.2, -0.15) is 0 Å². The first-order valence-corrected chi connectivity index (χ1v) is 9.42. The second-order valence-electron chi connectivity index (χ2n) is 9.47. The Kier molecular flexibility index (Phi) is 3.47. The number of fused-ring (bicyclic) bond motifs is 5. The van der Waals surface area contributed by atoms with Gasteiger partial charge in [-0.05, 0) is 73.5 Å². The monoisotopic (exact) mass is 328 g/mol. The van der Waals surface area contributed by atoms with Gasteiger partial charge in [-0.15, -0.1) is 0 Å². The molecule has 0 aliphatic heterocycles. The molecule has 0 spiro atoms. The lowest BCUT2D eigenvalue weighted by atomic mass is 9.44. The Morgan fingerprint density at radius 1 is 0.870 bits per heavy atom. The van der Waals surface area contributed by atoms with Crippen molar-refractivity contribution < 1.29 is 19.0 Å². The molecule has 4 aliphatic rings. The Bertz CT molecular complexity index is 496. The predicted octanol–water partition coefficient (Wildman–Crippen LogP) is 4.00. The molecule has 23 heavy (non-hydrogen) atoms. The van der Waals surface area contributed by atoms with Crippen molar-refractivity contribution in [3.63, 3.8) is 0 Å². The quantitative estimate of drug-likeness (QED) is 0.706. The Morgan fingerprint density at radius 2 is 1.52 bits per heavy atom. The molecule has 0 aromatic heterocycles. The normalized spacial score (nSPS) is 58.2. The molecule has 0 bridgehead atoms. The molecular formula is C19H30F2O2. The fourth-order valence-corrected chi connectivity index (χ4v) is 7.23. The minimum absolute atomic E-state index is 0.0301. The highest BCUT2D eigenvalue weighted by Gasteiger charge is 2.66. The highest BCUT2D eigenvalue weighted by atomic mass is 19.3. The summed E-state index contributed by atoms with van der Waals surface area (Å²) in [7, 11) is 0. The molecule has 0 amide bonds. The van der Waals surface area contributed by atoms with Crippen LogP contribution in [0.4, 0.5) is 8.78 Å². The van der Waals surface area contributed by atoms with Crippen LogP contribution in [0, 0.1) is 34.5 Å². The number of hydrogen-bond acceptors (Lipinski definition) is 2. The van der Waals surface area contributed by atoms with Gasteiger partial charge in [0.2, 0.25) is 0 Å². The molecule has 4 rings (SSSR count). The summed E-state index contributed by atoms with van der Waals surface area (Å²) in [6.45, 7) is 4.20. The Labute approximate surface area is 137 Å². The lowest BCUT2D eigenvalue weighted by molar-refractivity contribution is -0.236. The van der Waals surface area contributed by atoms with E-state index >= 15 is 8.78 Å². The van der Waals surface area contributed by atoms with E-state index in [1.807, 2.05) is 0 Å². The number of alkyl halides is 2. The third kappa shape index (κ3) is 2.09. The van der Waals surface area contributed by atoms with Gasteiger partial charge >= 0.3 is 0 Å². The first-order chi connectivity index (χ1) is 10.7. The zero-order valence-electron chi connectivity index (χ0n) is 14.3. The van der Waals surface area contributed by atoms with Gasteiger partial charge in [0.15, 0.2) is 0 Å². The minimum atomic E-state index is -2.68. The number of rotatable bonds is 0. The molecule has 0 aromatic rings. The summed E-state index contributed by atoms with van der Waals surface area (Å²) in [5.41, 5.74) is -0.505. The van der Waals surface area contributed by atoms with E-state index in [0.717, 1.165) is 32.1 Å². The summed E-state index contributed by atoms with van der Waals surface area (Å²) in [4.78, 5) is 0. The van der Waals surface area contributed by atoms with E-state index in [4.69, 9.17) is 0 Å².